The first kappa shape index (κ1) is 22.0. The Hall–Kier alpha value is -0.00390. The molecule has 0 spiro atoms. The SMILES string of the molecule is [CH3][Po][CH](N(OC(C)c1ccc(C(C)O)cc1)C(C)(C)C)C(C)(C)C. The molecule has 1 rings (SSSR count). The summed E-state index contributed by atoms with van der Waals surface area (Å²) in [7, 11) is 0. The quantitative estimate of drug-likeness (QED) is 0.528. The third-order valence-electron chi connectivity index (χ3n) is 4.00. The molecule has 4 heteroatoms. The number of aliphatic hydroxyl groups is 1. The Balaban J connectivity index is 3.01. The number of hydrogen-bond acceptors (Lipinski definition) is 3. The topological polar surface area (TPSA) is 32.7 Å². The van der Waals surface area contributed by atoms with E-state index in [2.05, 4.69) is 70.2 Å². The summed E-state index contributed by atoms with van der Waals surface area (Å²) in [5.41, 5.74) is 2.25. The molecule has 3 unspecified atom stereocenters. The molecule has 0 radical (unpaired) electrons. The molecule has 3 atom stereocenters. The van der Waals surface area contributed by atoms with E-state index in [9.17, 15) is 5.11 Å². The summed E-state index contributed by atoms with van der Waals surface area (Å²) in [6.45, 7) is 17.5. The summed E-state index contributed by atoms with van der Waals surface area (Å²) in [4.78, 5) is 6.49. The van der Waals surface area contributed by atoms with Gasteiger partial charge in [0, 0.05) is 0 Å². The third-order valence-corrected chi connectivity index (χ3v) is 9.23. The molecule has 0 aliphatic carbocycles. The predicted octanol–water partition coefficient (Wildman–Crippen LogP) is 4.96. The average Bonchev–Trinajstić information content (AvgIpc) is 2.44. The van der Waals surface area contributed by atoms with Crippen LogP contribution in [0.2, 0.25) is 4.58 Å². The molecule has 0 saturated carbocycles. The van der Waals surface area contributed by atoms with Crippen molar-refractivity contribution in [2.75, 3.05) is 0 Å². The van der Waals surface area contributed by atoms with Gasteiger partial charge in [0.05, 0.1) is 0 Å². The van der Waals surface area contributed by atoms with Crippen molar-refractivity contribution in [3.05, 3.63) is 35.4 Å². The Morgan fingerprint density at radius 2 is 1.42 bits per heavy atom. The van der Waals surface area contributed by atoms with Gasteiger partial charge < -0.3 is 0 Å². The summed E-state index contributed by atoms with van der Waals surface area (Å²) < 4.78 is 2.89. The van der Waals surface area contributed by atoms with Crippen LogP contribution in [0.15, 0.2) is 24.3 Å². The second-order valence-corrected chi connectivity index (χ2v) is 12.1. The molecule has 1 N–H and O–H groups in total. The van der Waals surface area contributed by atoms with Crippen LogP contribution in [0.1, 0.15) is 78.7 Å². The summed E-state index contributed by atoms with van der Waals surface area (Å²) in [6.07, 6.45) is -0.443. The number of rotatable bonds is 6. The van der Waals surface area contributed by atoms with Crippen LogP contribution in [0.5, 0.6) is 0 Å². The first-order valence-electron chi connectivity index (χ1n) is 8.64. The van der Waals surface area contributed by atoms with Crippen LogP contribution in [-0.2, 0) is 4.84 Å². The molecule has 0 aromatic heterocycles. The van der Waals surface area contributed by atoms with Gasteiger partial charge in [-0.25, -0.2) is 0 Å². The average molecular weight is 531 g/mol. The van der Waals surface area contributed by atoms with Crippen LogP contribution < -0.4 is 0 Å². The summed E-state index contributed by atoms with van der Waals surface area (Å²) in [5, 5.41) is 11.9. The molecule has 138 valence electrons. The van der Waals surface area contributed by atoms with Gasteiger partial charge in [-0.3, -0.25) is 0 Å². The van der Waals surface area contributed by atoms with E-state index in [1.807, 2.05) is 12.1 Å². The van der Waals surface area contributed by atoms with Crippen molar-refractivity contribution in [2.45, 2.75) is 81.4 Å². The van der Waals surface area contributed by atoms with Crippen molar-refractivity contribution in [3.8, 4) is 0 Å². The fourth-order valence-electron chi connectivity index (χ4n) is 2.64. The molecule has 1 aromatic carbocycles. The summed E-state index contributed by atoms with van der Waals surface area (Å²) in [5.74, 6) is 0. The number of hydrogen-bond donors (Lipinski definition) is 1. The standard InChI is InChI=1S/C19H32NO2.CH3.Po/c1-14(21)16-9-11-17(12-10-16)15(2)22-20(19(6,7)8)13-18(3,4)5;;/h9-15,21H,1-8H3;1H3;. The van der Waals surface area contributed by atoms with Crippen molar-refractivity contribution in [2.24, 2.45) is 5.41 Å². The molecule has 1 aromatic rings. The first-order valence-corrected chi connectivity index (χ1v) is 13.7. The van der Waals surface area contributed by atoms with Gasteiger partial charge in [0.25, 0.3) is 0 Å². The second kappa shape index (κ2) is 8.59. The number of benzene rings is 1. The van der Waals surface area contributed by atoms with Crippen molar-refractivity contribution >= 4 is 23.6 Å². The van der Waals surface area contributed by atoms with Gasteiger partial charge in [-0.2, -0.15) is 0 Å². The molecule has 0 aliphatic heterocycles. The van der Waals surface area contributed by atoms with Gasteiger partial charge in [0.15, 0.2) is 0 Å². The number of aliphatic hydroxyl groups excluding tert-OH is 1. The minimum absolute atomic E-state index is 0.0116. The van der Waals surface area contributed by atoms with E-state index < -0.39 is 29.7 Å². The fourth-order valence-corrected chi connectivity index (χ4v) is 7.56. The molecule has 0 fully saturated rings. The van der Waals surface area contributed by atoms with Crippen LogP contribution in [0.4, 0.5) is 0 Å². The molecular weight excluding hydrogens is 495 g/mol. The zero-order valence-electron chi connectivity index (χ0n) is 16.8. The minimum atomic E-state index is -0.538. The molecule has 0 bridgehead atoms. The van der Waals surface area contributed by atoms with E-state index in [0.717, 1.165) is 11.1 Å². The van der Waals surface area contributed by atoms with Crippen molar-refractivity contribution in [3.63, 3.8) is 0 Å². The van der Waals surface area contributed by atoms with E-state index in [4.69, 9.17) is 4.84 Å². The first-order chi connectivity index (χ1) is 10.9. The molecular formula is C20H35NO2Po. The van der Waals surface area contributed by atoms with Gasteiger partial charge >= 0.3 is 161 Å². The molecule has 3 nitrogen and oxygen atoms in total. The zero-order chi connectivity index (χ0) is 18.7. The number of hydroxylamine groups is 2. The molecule has 0 saturated heterocycles. The van der Waals surface area contributed by atoms with Crippen molar-refractivity contribution < 1.29 is 9.94 Å². The van der Waals surface area contributed by atoms with Gasteiger partial charge in [0.2, 0.25) is 0 Å². The Morgan fingerprint density at radius 3 is 1.75 bits per heavy atom. The van der Waals surface area contributed by atoms with Crippen molar-refractivity contribution in [1.29, 1.82) is 0 Å². The van der Waals surface area contributed by atoms with E-state index in [1.165, 1.54) is 0 Å². The molecule has 0 amide bonds. The van der Waals surface area contributed by atoms with E-state index in [1.54, 1.807) is 6.92 Å². The number of nitrogens with zero attached hydrogens (tertiary/aromatic N) is 1. The van der Waals surface area contributed by atoms with Gasteiger partial charge in [-0.15, -0.1) is 0 Å². The maximum atomic E-state index is 9.67. The van der Waals surface area contributed by atoms with Crippen molar-refractivity contribution in [1.82, 2.24) is 5.06 Å². The van der Waals surface area contributed by atoms with Crippen LogP contribution in [0.25, 0.3) is 0 Å². The summed E-state index contributed by atoms with van der Waals surface area (Å²) >= 11 is -0.538. The Kier molecular flexibility index (Phi) is 7.88. The maximum absolute atomic E-state index is 9.67. The molecule has 24 heavy (non-hydrogen) atoms. The van der Waals surface area contributed by atoms with Gasteiger partial charge in [-0.1, -0.05) is 0 Å². The second-order valence-electron chi connectivity index (χ2n) is 8.54. The van der Waals surface area contributed by atoms with E-state index in [0.29, 0.717) is 3.70 Å². The zero-order valence-corrected chi connectivity index (χ0v) is 19.9. The monoisotopic (exact) mass is 530 g/mol. The Bertz CT molecular complexity index is 500. The fraction of sp³-hybridized carbons (Fsp3) is 0.700. The third kappa shape index (κ3) is 6.06. The van der Waals surface area contributed by atoms with Crippen LogP contribution in [-0.4, -0.2) is 43.0 Å². The predicted molar refractivity (Wildman–Crippen MR) is 103 cm³/mol. The summed E-state index contributed by atoms with van der Waals surface area (Å²) in [6, 6.07) is 8.09. The molecule has 0 aliphatic rings. The Morgan fingerprint density at radius 1 is 0.958 bits per heavy atom. The van der Waals surface area contributed by atoms with Gasteiger partial charge in [-0.05, 0) is 0 Å². The Labute approximate surface area is 160 Å². The van der Waals surface area contributed by atoms with Crippen LogP contribution in [0, 0.1) is 5.41 Å². The van der Waals surface area contributed by atoms with Crippen LogP contribution >= 0.6 is 0 Å². The van der Waals surface area contributed by atoms with Crippen LogP contribution in [0.3, 0.4) is 0 Å². The van der Waals surface area contributed by atoms with E-state index >= 15 is 0 Å². The van der Waals surface area contributed by atoms with E-state index in [-0.39, 0.29) is 17.1 Å². The molecule has 0 heterocycles. The van der Waals surface area contributed by atoms with Gasteiger partial charge in [0.1, 0.15) is 0 Å². The normalized spacial score (nSPS) is 17.0.